The van der Waals surface area contributed by atoms with Crippen molar-refractivity contribution in [3.63, 3.8) is 0 Å². The SMILES string of the molecule is Cc1ccc(-c2ccc3c(c2)CCC3=O)cc1Cl. The first-order valence-corrected chi connectivity index (χ1v) is 6.45. The fourth-order valence-electron chi connectivity index (χ4n) is 2.41. The minimum absolute atomic E-state index is 0.262. The van der Waals surface area contributed by atoms with Gasteiger partial charge in [0.25, 0.3) is 0 Å². The van der Waals surface area contributed by atoms with Crippen molar-refractivity contribution in [2.45, 2.75) is 19.8 Å². The molecule has 0 saturated heterocycles. The summed E-state index contributed by atoms with van der Waals surface area (Å²) in [4.78, 5) is 11.6. The molecular weight excluding hydrogens is 244 g/mol. The molecule has 3 rings (SSSR count). The third-order valence-corrected chi connectivity index (χ3v) is 3.94. The van der Waals surface area contributed by atoms with Gasteiger partial charge in [-0.3, -0.25) is 4.79 Å². The van der Waals surface area contributed by atoms with Crippen molar-refractivity contribution in [2.75, 3.05) is 0 Å². The molecule has 0 bridgehead atoms. The van der Waals surface area contributed by atoms with Gasteiger partial charge in [0.2, 0.25) is 0 Å². The zero-order valence-corrected chi connectivity index (χ0v) is 10.9. The summed E-state index contributed by atoms with van der Waals surface area (Å²) in [5.41, 5.74) is 5.36. The first-order valence-electron chi connectivity index (χ1n) is 6.08. The Bertz CT molecular complexity index is 644. The molecule has 0 saturated carbocycles. The van der Waals surface area contributed by atoms with Gasteiger partial charge in [0, 0.05) is 17.0 Å². The van der Waals surface area contributed by atoms with Crippen LogP contribution in [-0.2, 0) is 6.42 Å². The molecule has 0 aromatic heterocycles. The third-order valence-electron chi connectivity index (χ3n) is 3.53. The van der Waals surface area contributed by atoms with Crippen molar-refractivity contribution in [2.24, 2.45) is 0 Å². The molecule has 0 fully saturated rings. The Hall–Kier alpha value is -1.60. The highest BCUT2D eigenvalue weighted by molar-refractivity contribution is 6.31. The zero-order chi connectivity index (χ0) is 12.7. The van der Waals surface area contributed by atoms with Crippen LogP contribution in [0.2, 0.25) is 5.02 Å². The first kappa shape index (κ1) is 11.5. The molecular formula is C16H13ClO. The maximum Gasteiger partial charge on any atom is 0.163 e. The fourth-order valence-corrected chi connectivity index (χ4v) is 2.59. The molecule has 18 heavy (non-hydrogen) atoms. The lowest BCUT2D eigenvalue weighted by Crippen LogP contribution is -1.91. The topological polar surface area (TPSA) is 17.1 Å². The molecule has 0 unspecified atom stereocenters. The van der Waals surface area contributed by atoms with E-state index in [4.69, 9.17) is 11.6 Å². The van der Waals surface area contributed by atoms with E-state index < -0.39 is 0 Å². The van der Waals surface area contributed by atoms with Crippen LogP contribution in [0.5, 0.6) is 0 Å². The second-order valence-electron chi connectivity index (χ2n) is 4.76. The molecule has 0 aliphatic heterocycles. The van der Waals surface area contributed by atoms with Crippen LogP contribution in [-0.4, -0.2) is 5.78 Å². The van der Waals surface area contributed by atoms with Gasteiger partial charge in [0.05, 0.1) is 0 Å². The van der Waals surface area contributed by atoms with Crippen molar-refractivity contribution in [1.29, 1.82) is 0 Å². The predicted octanol–water partition coefficient (Wildman–Crippen LogP) is 4.44. The second-order valence-corrected chi connectivity index (χ2v) is 5.17. The number of hydrogen-bond acceptors (Lipinski definition) is 1. The van der Waals surface area contributed by atoms with Crippen molar-refractivity contribution >= 4 is 17.4 Å². The summed E-state index contributed by atoms with van der Waals surface area (Å²) in [6.45, 7) is 1.99. The molecule has 0 amide bonds. The molecule has 0 heterocycles. The summed E-state index contributed by atoms with van der Waals surface area (Å²) in [7, 11) is 0. The van der Waals surface area contributed by atoms with Gasteiger partial charge >= 0.3 is 0 Å². The van der Waals surface area contributed by atoms with Crippen LogP contribution in [0.1, 0.15) is 27.9 Å². The Kier molecular flexibility index (Phi) is 2.71. The average molecular weight is 257 g/mol. The lowest BCUT2D eigenvalue weighted by atomic mass is 10.00. The molecule has 0 radical (unpaired) electrons. The summed E-state index contributed by atoms with van der Waals surface area (Å²) in [5, 5.41) is 0.782. The monoisotopic (exact) mass is 256 g/mol. The largest absolute Gasteiger partial charge is 0.294 e. The van der Waals surface area contributed by atoms with Crippen LogP contribution in [0.25, 0.3) is 11.1 Å². The van der Waals surface area contributed by atoms with E-state index in [-0.39, 0.29) is 5.78 Å². The highest BCUT2D eigenvalue weighted by atomic mass is 35.5. The summed E-state index contributed by atoms with van der Waals surface area (Å²) in [6.07, 6.45) is 1.51. The highest BCUT2D eigenvalue weighted by Crippen LogP contribution is 2.30. The normalized spacial score (nSPS) is 13.8. The van der Waals surface area contributed by atoms with E-state index in [1.165, 1.54) is 0 Å². The third kappa shape index (κ3) is 1.85. The van der Waals surface area contributed by atoms with Crippen LogP contribution in [0.4, 0.5) is 0 Å². The number of ketones is 1. The lowest BCUT2D eigenvalue weighted by Gasteiger charge is -2.06. The predicted molar refractivity (Wildman–Crippen MR) is 74.3 cm³/mol. The lowest BCUT2D eigenvalue weighted by molar-refractivity contribution is 0.0994. The molecule has 1 aliphatic carbocycles. The average Bonchev–Trinajstić information content (AvgIpc) is 2.74. The summed E-state index contributed by atoms with van der Waals surface area (Å²) >= 11 is 6.15. The molecule has 90 valence electrons. The molecule has 0 atom stereocenters. The summed E-state index contributed by atoms with van der Waals surface area (Å²) in [5.74, 6) is 0.262. The van der Waals surface area contributed by atoms with Crippen LogP contribution in [0.15, 0.2) is 36.4 Å². The van der Waals surface area contributed by atoms with Crippen molar-refractivity contribution in [3.05, 3.63) is 58.1 Å². The molecule has 0 spiro atoms. The van der Waals surface area contributed by atoms with Gasteiger partial charge in [-0.2, -0.15) is 0 Å². The maximum absolute atomic E-state index is 11.6. The van der Waals surface area contributed by atoms with E-state index in [0.29, 0.717) is 6.42 Å². The quantitative estimate of drug-likeness (QED) is 0.737. The summed E-state index contributed by atoms with van der Waals surface area (Å²) < 4.78 is 0. The van der Waals surface area contributed by atoms with Crippen LogP contribution in [0, 0.1) is 6.92 Å². The van der Waals surface area contributed by atoms with Gasteiger partial charge < -0.3 is 0 Å². The Morgan fingerprint density at radius 2 is 1.72 bits per heavy atom. The number of aryl methyl sites for hydroxylation is 2. The first-order chi connectivity index (χ1) is 8.65. The van der Waals surface area contributed by atoms with Crippen molar-refractivity contribution < 1.29 is 4.79 Å². The van der Waals surface area contributed by atoms with E-state index in [9.17, 15) is 4.79 Å². The number of Topliss-reactive ketones (excluding diaryl/α,β-unsaturated/α-hetero) is 1. The van der Waals surface area contributed by atoms with E-state index >= 15 is 0 Å². The van der Waals surface area contributed by atoms with Crippen molar-refractivity contribution in [1.82, 2.24) is 0 Å². The van der Waals surface area contributed by atoms with E-state index in [0.717, 1.165) is 39.3 Å². The molecule has 1 nitrogen and oxygen atoms in total. The number of rotatable bonds is 1. The molecule has 2 heteroatoms. The van der Waals surface area contributed by atoms with Gasteiger partial charge in [0.1, 0.15) is 0 Å². The summed E-state index contributed by atoms with van der Waals surface area (Å²) in [6, 6.07) is 12.1. The number of carbonyl (C=O) groups excluding carboxylic acids is 1. The number of halogens is 1. The molecule has 2 aromatic rings. The Labute approximate surface area is 111 Å². The minimum atomic E-state index is 0.262. The van der Waals surface area contributed by atoms with E-state index in [2.05, 4.69) is 12.1 Å². The standard InChI is InChI=1S/C16H13ClO/c1-10-2-3-12(9-15(10)17)11-4-6-14-13(8-11)5-7-16(14)18/h2-4,6,8-9H,5,7H2,1H3. The Balaban J connectivity index is 2.07. The van der Waals surface area contributed by atoms with Gasteiger partial charge in [-0.15, -0.1) is 0 Å². The van der Waals surface area contributed by atoms with E-state index in [1.54, 1.807) is 0 Å². The van der Waals surface area contributed by atoms with Gasteiger partial charge in [0.15, 0.2) is 5.78 Å². The number of carbonyl (C=O) groups is 1. The molecule has 0 N–H and O–H groups in total. The Morgan fingerprint density at radius 3 is 2.50 bits per heavy atom. The van der Waals surface area contributed by atoms with E-state index in [1.807, 2.05) is 31.2 Å². The number of fused-ring (bicyclic) bond motifs is 1. The van der Waals surface area contributed by atoms with Crippen molar-refractivity contribution in [3.8, 4) is 11.1 Å². The smallest absolute Gasteiger partial charge is 0.163 e. The second kappa shape index (κ2) is 4.25. The van der Waals surface area contributed by atoms with Gasteiger partial charge in [-0.1, -0.05) is 41.9 Å². The van der Waals surface area contributed by atoms with Crippen LogP contribution >= 0.6 is 11.6 Å². The Morgan fingerprint density at radius 1 is 1.00 bits per heavy atom. The number of hydrogen-bond donors (Lipinski definition) is 0. The minimum Gasteiger partial charge on any atom is -0.294 e. The zero-order valence-electron chi connectivity index (χ0n) is 10.2. The maximum atomic E-state index is 11.6. The number of benzene rings is 2. The van der Waals surface area contributed by atoms with Gasteiger partial charge in [-0.25, -0.2) is 0 Å². The van der Waals surface area contributed by atoms with Gasteiger partial charge in [-0.05, 0) is 41.7 Å². The van der Waals surface area contributed by atoms with Crippen LogP contribution in [0.3, 0.4) is 0 Å². The molecule has 2 aromatic carbocycles. The fraction of sp³-hybridized carbons (Fsp3) is 0.188. The van der Waals surface area contributed by atoms with Crippen LogP contribution < -0.4 is 0 Å². The molecule has 1 aliphatic rings. The highest BCUT2D eigenvalue weighted by Gasteiger charge is 2.19.